The third kappa shape index (κ3) is 9.18. The van der Waals surface area contributed by atoms with E-state index in [4.69, 9.17) is 20.3 Å². The van der Waals surface area contributed by atoms with E-state index in [0.29, 0.717) is 42.0 Å². The average molecular weight is 918 g/mol. The number of imidazole rings is 2. The third-order valence-electron chi connectivity index (χ3n) is 13.1. The number of pyridine rings is 2. The number of nitrogens with zero attached hydrogens (tertiary/aromatic N) is 12. The summed E-state index contributed by atoms with van der Waals surface area (Å²) in [5, 5.41) is 21.9. The Morgan fingerprint density at radius 3 is 1.94 bits per heavy atom. The Labute approximate surface area is 392 Å². The molecule has 0 bridgehead atoms. The molecule has 3 aliphatic heterocycles. The average Bonchev–Trinajstić information content (AvgIpc) is 4.23. The minimum atomic E-state index is -0.226. The van der Waals surface area contributed by atoms with E-state index < -0.39 is 0 Å². The quantitative estimate of drug-likeness (QED) is 0.131. The van der Waals surface area contributed by atoms with Crippen LogP contribution < -0.4 is 15.1 Å². The van der Waals surface area contributed by atoms with Gasteiger partial charge >= 0.3 is 0 Å². The van der Waals surface area contributed by atoms with Crippen molar-refractivity contribution >= 4 is 34.7 Å². The molecular weight excluding hydrogens is 865 g/mol. The van der Waals surface area contributed by atoms with E-state index in [2.05, 4.69) is 35.0 Å². The molecule has 17 heteroatoms. The summed E-state index contributed by atoms with van der Waals surface area (Å²) < 4.78 is 31.3. The summed E-state index contributed by atoms with van der Waals surface area (Å²) in [6.45, 7) is 3.62. The predicted octanol–water partition coefficient (Wildman–Crippen LogP) is 7.72. The van der Waals surface area contributed by atoms with Gasteiger partial charge in [-0.15, -0.1) is 10.2 Å². The lowest BCUT2D eigenvalue weighted by molar-refractivity contribution is 0.0777. The normalized spacial score (nSPS) is 18.2. The zero-order valence-corrected chi connectivity index (χ0v) is 38.0. The first kappa shape index (κ1) is 44.5. The Bertz CT molecular complexity index is 3070. The van der Waals surface area contributed by atoms with Crippen molar-refractivity contribution in [3.63, 3.8) is 0 Å². The molecule has 68 heavy (non-hydrogen) atoms. The van der Waals surface area contributed by atoms with Crippen LogP contribution in [0.3, 0.4) is 0 Å². The number of likely N-dealkylation sites (tertiary alicyclic amines) is 1. The fourth-order valence-electron chi connectivity index (χ4n) is 9.68. The Morgan fingerprint density at radius 1 is 0.721 bits per heavy atom. The molecule has 2 aromatic carbocycles. The van der Waals surface area contributed by atoms with Crippen LogP contribution in [0.1, 0.15) is 65.8 Å². The summed E-state index contributed by atoms with van der Waals surface area (Å²) in [7, 11) is 4.10. The zero-order valence-electron chi connectivity index (χ0n) is 38.0. The molecule has 2 unspecified atom stereocenters. The van der Waals surface area contributed by atoms with Gasteiger partial charge in [0.25, 0.3) is 5.91 Å². The van der Waals surface area contributed by atoms with Crippen LogP contribution in [-0.4, -0.2) is 119 Å². The summed E-state index contributed by atoms with van der Waals surface area (Å²) in [4.78, 5) is 39.7. The number of fused-ring (bicyclic) bond motifs is 2. The van der Waals surface area contributed by atoms with E-state index in [-0.39, 0.29) is 36.2 Å². The molecule has 8 aromatic rings. The SMILES string of the molecule is CN(C)[C@@H]1CCN(C(=O)c2cccc(-c3cnc4ccc(N5CCCC5c5cccc(F)c5)nn34)n2)C1.OCCNc1cc(-c2cnc3ccc(N4CCCC4c4cccc(F)c4)nn23)ccn1. The smallest absolute Gasteiger partial charge is 0.272 e. The van der Waals surface area contributed by atoms with E-state index in [9.17, 15) is 13.6 Å². The molecule has 9 heterocycles. The summed E-state index contributed by atoms with van der Waals surface area (Å²) in [5.41, 5.74) is 6.96. The van der Waals surface area contributed by atoms with Crippen molar-refractivity contribution in [2.24, 2.45) is 0 Å². The molecule has 0 radical (unpaired) electrons. The van der Waals surface area contributed by atoms with Gasteiger partial charge < -0.3 is 30.0 Å². The first-order valence-corrected chi connectivity index (χ1v) is 23.2. The number of nitrogens with one attached hydrogen (secondary N) is 1. The third-order valence-corrected chi connectivity index (χ3v) is 13.1. The molecular formula is C51H53F2N13O2. The Morgan fingerprint density at radius 2 is 1.34 bits per heavy atom. The molecule has 3 aliphatic rings. The van der Waals surface area contributed by atoms with Crippen molar-refractivity contribution in [2.45, 2.75) is 50.2 Å². The van der Waals surface area contributed by atoms with Crippen molar-refractivity contribution in [1.29, 1.82) is 0 Å². The molecule has 3 saturated heterocycles. The van der Waals surface area contributed by atoms with Crippen molar-refractivity contribution in [3.8, 4) is 22.6 Å². The number of rotatable bonds is 11. The van der Waals surface area contributed by atoms with E-state index in [1.807, 2.05) is 84.2 Å². The van der Waals surface area contributed by atoms with Crippen molar-refractivity contribution in [3.05, 3.63) is 150 Å². The van der Waals surface area contributed by atoms with Crippen molar-refractivity contribution < 1.29 is 18.7 Å². The Balaban J connectivity index is 0.000000161. The fourth-order valence-corrected chi connectivity index (χ4v) is 9.68. The maximum Gasteiger partial charge on any atom is 0.272 e. The number of amides is 1. The topological polar surface area (TPSA) is 148 Å². The minimum absolute atomic E-state index is 0.0365. The van der Waals surface area contributed by atoms with Gasteiger partial charge in [0.05, 0.1) is 42.5 Å². The molecule has 15 nitrogen and oxygen atoms in total. The number of benzene rings is 2. The summed E-state index contributed by atoms with van der Waals surface area (Å²) in [6.07, 6.45) is 10.2. The lowest BCUT2D eigenvalue weighted by Crippen LogP contribution is -2.34. The Hall–Kier alpha value is -7.37. The Kier molecular flexibility index (Phi) is 12.7. The number of halogens is 2. The molecule has 1 amide bonds. The molecule has 0 aliphatic carbocycles. The number of aliphatic hydroxyl groups is 1. The second-order valence-corrected chi connectivity index (χ2v) is 17.7. The molecule has 0 saturated carbocycles. The highest BCUT2D eigenvalue weighted by Crippen LogP contribution is 2.37. The largest absolute Gasteiger partial charge is 0.395 e. The second-order valence-electron chi connectivity index (χ2n) is 17.7. The van der Waals surface area contributed by atoms with Crippen LogP contribution in [0.25, 0.3) is 33.9 Å². The molecule has 0 spiro atoms. The minimum Gasteiger partial charge on any atom is -0.395 e. The van der Waals surface area contributed by atoms with Crippen molar-refractivity contribution in [2.75, 3.05) is 68.5 Å². The van der Waals surface area contributed by atoms with E-state index in [0.717, 1.165) is 97.1 Å². The highest BCUT2D eigenvalue weighted by atomic mass is 19.1. The van der Waals surface area contributed by atoms with Crippen LogP contribution in [0.5, 0.6) is 0 Å². The fraction of sp³-hybridized carbons (Fsp3) is 0.314. The van der Waals surface area contributed by atoms with Crippen LogP contribution in [0.4, 0.5) is 26.2 Å². The standard InChI is InChI=1S/C28H30FN7O.C23H23FN6O/c1-33(2)21-13-15-34(18-21)28(37)23-9-4-8-22(31-23)25-17-30-26-11-12-27(32-36(25)26)35-14-5-10-24(35)19-6-3-7-20(29)16-19;24-18-4-1-3-16(13-18)19-5-2-11-29(19)23-7-6-22-27-15-20(30(22)28-23)17-8-9-25-21(14-17)26-10-12-31/h3-4,6-9,11-12,16-17,21,24H,5,10,13-15,18H2,1-2H3;1,3-4,6-9,13-15,19,31H,2,5,10-12H2,(H,25,26)/t21-,24?;/m1./s1. The lowest BCUT2D eigenvalue weighted by Gasteiger charge is -2.26. The number of carbonyl (C=O) groups is 1. The highest BCUT2D eigenvalue weighted by molar-refractivity contribution is 5.93. The zero-order chi connectivity index (χ0) is 46.7. The van der Waals surface area contributed by atoms with Crippen LogP contribution in [0.2, 0.25) is 0 Å². The second kappa shape index (κ2) is 19.5. The highest BCUT2D eigenvalue weighted by Gasteiger charge is 2.31. The predicted molar refractivity (Wildman–Crippen MR) is 257 cm³/mol. The van der Waals surface area contributed by atoms with E-state index in [1.54, 1.807) is 53.4 Å². The molecule has 348 valence electrons. The van der Waals surface area contributed by atoms with Gasteiger partial charge in [-0.05, 0) is 130 Å². The summed E-state index contributed by atoms with van der Waals surface area (Å²) >= 11 is 0. The van der Waals surface area contributed by atoms with Gasteiger partial charge in [-0.1, -0.05) is 30.3 Å². The van der Waals surface area contributed by atoms with Gasteiger partial charge in [0, 0.05) is 50.5 Å². The van der Waals surface area contributed by atoms with E-state index >= 15 is 0 Å². The number of anilines is 3. The number of likely N-dealkylation sites (N-methyl/N-ethyl adjacent to an activating group) is 1. The molecule has 6 aromatic heterocycles. The molecule has 11 rings (SSSR count). The number of hydrogen-bond acceptors (Lipinski definition) is 12. The monoisotopic (exact) mass is 917 g/mol. The van der Waals surface area contributed by atoms with Gasteiger partial charge in [-0.3, -0.25) is 4.79 Å². The number of aliphatic hydroxyl groups excluding tert-OH is 1. The van der Waals surface area contributed by atoms with E-state index in [1.165, 1.54) is 12.1 Å². The first-order chi connectivity index (χ1) is 33.2. The van der Waals surface area contributed by atoms with Crippen LogP contribution in [0, 0.1) is 11.6 Å². The van der Waals surface area contributed by atoms with Crippen molar-refractivity contribution in [1.82, 2.24) is 49.0 Å². The van der Waals surface area contributed by atoms with Gasteiger partial charge in [0.1, 0.15) is 40.5 Å². The summed E-state index contributed by atoms with van der Waals surface area (Å²) in [5.74, 6) is 1.83. The number of aromatic nitrogens is 8. The molecule has 2 N–H and O–H groups in total. The lowest BCUT2D eigenvalue weighted by atomic mass is 10.0. The van der Waals surface area contributed by atoms with Gasteiger partial charge in [-0.2, -0.15) is 0 Å². The van der Waals surface area contributed by atoms with Gasteiger partial charge in [-0.25, -0.2) is 37.7 Å². The van der Waals surface area contributed by atoms with Crippen LogP contribution >= 0.6 is 0 Å². The van der Waals surface area contributed by atoms with Crippen LogP contribution in [-0.2, 0) is 0 Å². The van der Waals surface area contributed by atoms with Crippen LogP contribution in [0.15, 0.2) is 122 Å². The molecule has 3 fully saturated rings. The maximum absolute atomic E-state index is 13.9. The number of carbonyl (C=O) groups excluding carboxylic acids is 1. The first-order valence-electron chi connectivity index (χ1n) is 23.2. The number of hydrogen-bond donors (Lipinski definition) is 2. The maximum atomic E-state index is 13.9. The van der Waals surface area contributed by atoms with Gasteiger partial charge in [0.15, 0.2) is 11.3 Å². The summed E-state index contributed by atoms with van der Waals surface area (Å²) in [6, 6.07) is 31.4. The molecule has 3 atom stereocenters. The van der Waals surface area contributed by atoms with Gasteiger partial charge in [0.2, 0.25) is 0 Å².